The molecule has 1 heterocycles. The molecule has 1 saturated carbocycles. The van der Waals surface area contributed by atoms with Gasteiger partial charge in [0.15, 0.2) is 4.77 Å². The number of H-pyrrole nitrogens is 1. The minimum atomic E-state index is -0.132. The molecule has 138 valence electrons. The number of benzene rings is 1. The third-order valence-electron chi connectivity index (χ3n) is 4.24. The number of carbonyl (C=O) groups excluding carboxylic acids is 2. The fourth-order valence-corrected chi connectivity index (χ4v) is 2.89. The summed E-state index contributed by atoms with van der Waals surface area (Å²) in [4.78, 5) is 24.1. The smallest absolute Gasteiger partial charge is 0.240 e. The number of nitrogens with zero attached hydrogens (tertiary/aromatic N) is 2. The van der Waals surface area contributed by atoms with Crippen LogP contribution in [0.25, 0.3) is 0 Å². The second kappa shape index (κ2) is 8.27. The Morgan fingerprint density at radius 3 is 2.92 bits per heavy atom. The summed E-state index contributed by atoms with van der Waals surface area (Å²) in [5, 5.41) is 12.7. The van der Waals surface area contributed by atoms with Gasteiger partial charge in [0.1, 0.15) is 12.4 Å². The topological polar surface area (TPSA) is 91.8 Å². The Morgan fingerprint density at radius 1 is 1.38 bits per heavy atom. The molecule has 0 aliphatic heterocycles. The number of nitrogens with one attached hydrogen (secondary N) is 3. The van der Waals surface area contributed by atoms with Gasteiger partial charge in [0.05, 0.1) is 0 Å². The normalized spacial score (nSPS) is 13.4. The van der Waals surface area contributed by atoms with Crippen molar-refractivity contribution < 1.29 is 9.59 Å². The van der Waals surface area contributed by atoms with Crippen molar-refractivity contribution >= 4 is 29.7 Å². The van der Waals surface area contributed by atoms with Gasteiger partial charge in [-0.3, -0.25) is 19.3 Å². The van der Waals surface area contributed by atoms with E-state index < -0.39 is 0 Å². The maximum atomic E-state index is 12.3. The number of anilines is 1. The minimum Gasteiger partial charge on any atom is -0.350 e. The van der Waals surface area contributed by atoms with Gasteiger partial charge in [-0.1, -0.05) is 19.1 Å². The van der Waals surface area contributed by atoms with Crippen LogP contribution >= 0.6 is 12.2 Å². The zero-order valence-electron chi connectivity index (χ0n) is 14.7. The Labute approximate surface area is 157 Å². The molecule has 1 aliphatic carbocycles. The number of amides is 2. The van der Waals surface area contributed by atoms with Crippen molar-refractivity contribution in [3.05, 3.63) is 40.4 Å². The van der Waals surface area contributed by atoms with Crippen LogP contribution in [0.2, 0.25) is 0 Å². The van der Waals surface area contributed by atoms with Crippen molar-refractivity contribution in [3.63, 3.8) is 0 Å². The van der Waals surface area contributed by atoms with E-state index in [0.29, 0.717) is 11.3 Å². The van der Waals surface area contributed by atoms with Crippen LogP contribution in [0, 0.1) is 10.7 Å². The Balaban J connectivity index is 1.55. The number of aromatic nitrogens is 3. The van der Waals surface area contributed by atoms with E-state index in [1.165, 1.54) is 0 Å². The Morgan fingerprint density at radius 2 is 2.19 bits per heavy atom. The first-order valence-electron chi connectivity index (χ1n) is 8.87. The largest absolute Gasteiger partial charge is 0.350 e. The van der Waals surface area contributed by atoms with Crippen molar-refractivity contribution in [2.75, 3.05) is 5.32 Å². The van der Waals surface area contributed by atoms with Gasteiger partial charge in [-0.25, -0.2) is 0 Å². The molecule has 1 aromatic heterocycles. The molecule has 0 radical (unpaired) electrons. The van der Waals surface area contributed by atoms with Crippen molar-refractivity contribution in [2.45, 2.75) is 45.7 Å². The average Bonchev–Trinajstić information content (AvgIpc) is 3.42. The number of carbonyl (C=O) groups is 2. The third kappa shape index (κ3) is 4.78. The maximum absolute atomic E-state index is 12.3. The molecule has 3 N–H and O–H groups in total. The quantitative estimate of drug-likeness (QED) is 0.620. The highest BCUT2D eigenvalue weighted by atomic mass is 32.1. The van der Waals surface area contributed by atoms with Gasteiger partial charge in [0.25, 0.3) is 0 Å². The van der Waals surface area contributed by atoms with Crippen molar-refractivity contribution in [1.29, 1.82) is 0 Å². The van der Waals surface area contributed by atoms with Crippen molar-refractivity contribution in [1.82, 2.24) is 20.1 Å². The molecule has 0 saturated heterocycles. The second-order valence-corrected chi connectivity index (χ2v) is 6.91. The van der Waals surface area contributed by atoms with Gasteiger partial charge in [0.2, 0.25) is 11.8 Å². The van der Waals surface area contributed by atoms with Gasteiger partial charge in [-0.15, -0.1) is 0 Å². The molecule has 3 rings (SSSR count). The van der Waals surface area contributed by atoms with Crippen LogP contribution in [0.1, 0.15) is 37.6 Å². The van der Waals surface area contributed by atoms with Gasteiger partial charge in [0, 0.05) is 24.6 Å². The highest BCUT2D eigenvalue weighted by molar-refractivity contribution is 7.71. The van der Waals surface area contributed by atoms with Gasteiger partial charge in [-0.2, -0.15) is 5.10 Å². The van der Waals surface area contributed by atoms with Crippen LogP contribution in [0.4, 0.5) is 5.69 Å². The van der Waals surface area contributed by atoms with E-state index in [0.717, 1.165) is 42.8 Å². The summed E-state index contributed by atoms with van der Waals surface area (Å²) in [6.45, 7) is 2.58. The minimum absolute atomic E-state index is 0.0731. The first-order chi connectivity index (χ1) is 12.6. The summed E-state index contributed by atoms with van der Waals surface area (Å²) in [5.41, 5.74) is 1.69. The molecule has 1 fully saturated rings. The lowest BCUT2D eigenvalue weighted by atomic mass is 10.2. The molecule has 7 nitrogen and oxygen atoms in total. The summed E-state index contributed by atoms with van der Waals surface area (Å²) in [7, 11) is 0. The van der Waals surface area contributed by atoms with Gasteiger partial charge >= 0.3 is 0 Å². The number of aromatic amines is 1. The van der Waals surface area contributed by atoms with E-state index in [-0.39, 0.29) is 24.3 Å². The molecular weight excluding hydrogens is 350 g/mol. The second-order valence-electron chi connectivity index (χ2n) is 6.52. The lowest BCUT2D eigenvalue weighted by Gasteiger charge is -2.10. The molecule has 0 bridgehead atoms. The molecule has 8 heteroatoms. The number of hydrogen-bond donors (Lipinski definition) is 3. The predicted molar refractivity (Wildman–Crippen MR) is 101 cm³/mol. The summed E-state index contributed by atoms with van der Waals surface area (Å²) in [5.74, 6) is 0.893. The molecule has 0 spiro atoms. The summed E-state index contributed by atoms with van der Waals surface area (Å²) >= 11 is 5.19. The molecule has 0 atom stereocenters. The fraction of sp³-hybridized carbons (Fsp3) is 0.444. The lowest BCUT2D eigenvalue weighted by molar-refractivity contribution is -0.122. The third-order valence-corrected chi connectivity index (χ3v) is 4.56. The van der Waals surface area contributed by atoms with E-state index >= 15 is 0 Å². The number of hydrogen-bond acceptors (Lipinski definition) is 4. The van der Waals surface area contributed by atoms with Crippen LogP contribution in [-0.2, 0) is 29.1 Å². The lowest BCUT2D eigenvalue weighted by Crippen LogP contribution is -2.28. The molecule has 1 aliphatic rings. The highest BCUT2D eigenvalue weighted by Crippen LogP contribution is 2.30. The SMILES string of the molecule is CCCc1n[nH]c(=S)n1CC(=O)NCc1cccc(NC(=O)C2CC2)c1. The number of aryl methyl sites for hydroxylation is 1. The molecule has 1 aromatic carbocycles. The van der Waals surface area contributed by atoms with Gasteiger partial charge < -0.3 is 10.6 Å². The number of rotatable bonds is 8. The first kappa shape index (κ1) is 18.3. The standard InChI is InChI=1S/C18H23N5O2S/c1-2-4-15-21-22-18(26)23(15)11-16(24)19-10-12-5-3-6-14(9-12)20-17(25)13-7-8-13/h3,5-6,9,13H,2,4,7-8,10-11H2,1H3,(H,19,24)(H,20,25)(H,22,26). The maximum Gasteiger partial charge on any atom is 0.240 e. The van der Waals surface area contributed by atoms with Crippen LogP contribution in [0.3, 0.4) is 0 Å². The van der Waals surface area contributed by atoms with Crippen LogP contribution in [-0.4, -0.2) is 26.6 Å². The van der Waals surface area contributed by atoms with Crippen LogP contribution < -0.4 is 10.6 Å². The first-order valence-corrected chi connectivity index (χ1v) is 9.28. The predicted octanol–water partition coefficient (Wildman–Crippen LogP) is 2.56. The molecule has 2 aromatic rings. The summed E-state index contributed by atoms with van der Waals surface area (Å²) in [6, 6.07) is 7.52. The van der Waals surface area contributed by atoms with Crippen molar-refractivity contribution in [2.24, 2.45) is 5.92 Å². The monoisotopic (exact) mass is 373 g/mol. The summed E-state index contributed by atoms with van der Waals surface area (Å²) in [6.07, 6.45) is 3.64. The molecule has 26 heavy (non-hydrogen) atoms. The molecular formula is C18H23N5O2S. The Kier molecular flexibility index (Phi) is 5.82. The van der Waals surface area contributed by atoms with Gasteiger partial charge in [-0.05, 0) is 49.2 Å². The van der Waals surface area contributed by atoms with E-state index in [1.54, 1.807) is 4.57 Å². The Bertz CT molecular complexity index is 853. The highest BCUT2D eigenvalue weighted by Gasteiger charge is 2.29. The Hall–Kier alpha value is -2.48. The fourth-order valence-electron chi connectivity index (χ4n) is 2.68. The van der Waals surface area contributed by atoms with E-state index in [4.69, 9.17) is 12.2 Å². The molecule has 2 amide bonds. The average molecular weight is 373 g/mol. The van der Waals surface area contributed by atoms with E-state index in [1.807, 2.05) is 24.3 Å². The zero-order chi connectivity index (χ0) is 18.5. The van der Waals surface area contributed by atoms with E-state index in [9.17, 15) is 9.59 Å². The van der Waals surface area contributed by atoms with Crippen molar-refractivity contribution in [3.8, 4) is 0 Å². The zero-order valence-corrected chi connectivity index (χ0v) is 15.6. The van der Waals surface area contributed by atoms with Crippen LogP contribution in [0.5, 0.6) is 0 Å². The molecule has 0 unspecified atom stereocenters. The summed E-state index contributed by atoms with van der Waals surface area (Å²) < 4.78 is 2.17. The van der Waals surface area contributed by atoms with E-state index in [2.05, 4.69) is 27.8 Å². The van der Waals surface area contributed by atoms with Crippen LogP contribution in [0.15, 0.2) is 24.3 Å².